The number of halogens is 2. The van der Waals surface area contributed by atoms with Crippen LogP contribution in [0.2, 0.25) is 0 Å². The predicted octanol–water partition coefficient (Wildman–Crippen LogP) is 3.72. The molecule has 19 heavy (non-hydrogen) atoms. The zero-order valence-corrected chi connectivity index (χ0v) is 10.1. The Morgan fingerprint density at radius 1 is 1.16 bits per heavy atom. The third-order valence-electron chi connectivity index (χ3n) is 2.69. The zero-order chi connectivity index (χ0) is 14.0. The van der Waals surface area contributed by atoms with E-state index in [-0.39, 0.29) is 5.69 Å². The molecule has 2 aromatic rings. The van der Waals surface area contributed by atoms with Crippen molar-refractivity contribution in [1.82, 2.24) is 0 Å². The van der Waals surface area contributed by atoms with Crippen molar-refractivity contribution in [3.8, 4) is 0 Å². The van der Waals surface area contributed by atoms with Crippen LogP contribution in [0.5, 0.6) is 0 Å². The van der Waals surface area contributed by atoms with Gasteiger partial charge < -0.3 is 10.4 Å². The maximum Gasteiger partial charge on any atom is 0.335 e. The molecule has 0 heterocycles. The molecular formula is C14H11F2NO2. The van der Waals surface area contributed by atoms with Crippen molar-refractivity contribution in [3.63, 3.8) is 0 Å². The molecule has 0 aliphatic carbocycles. The standard InChI is InChI=1S/C14H11F2NO2/c1-8-4-2-3-5-12(8)17-13-10(15)6-9(14(18)19)7-11(13)16/h2-7,17H,1H3,(H,18,19). The van der Waals surface area contributed by atoms with E-state index in [0.717, 1.165) is 17.7 Å². The van der Waals surface area contributed by atoms with Gasteiger partial charge in [-0.25, -0.2) is 13.6 Å². The second-order valence-electron chi connectivity index (χ2n) is 4.06. The van der Waals surface area contributed by atoms with E-state index in [2.05, 4.69) is 5.32 Å². The normalized spacial score (nSPS) is 10.3. The topological polar surface area (TPSA) is 49.3 Å². The van der Waals surface area contributed by atoms with Gasteiger partial charge in [-0.2, -0.15) is 0 Å². The highest BCUT2D eigenvalue weighted by Crippen LogP contribution is 2.26. The lowest BCUT2D eigenvalue weighted by molar-refractivity contribution is 0.0696. The molecule has 0 unspecified atom stereocenters. The van der Waals surface area contributed by atoms with Gasteiger partial charge >= 0.3 is 5.97 Å². The quantitative estimate of drug-likeness (QED) is 0.887. The first-order chi connectivity index (χ1) is 8.99. The molecule has 0 saturated heterocycles. The molecule has 0 bridgehead atoms. The van der Waals surface area contributed by atoms with Gasteiger partial charge in [-0.05, 0) is 30.7 Å². The fraction of sp³-hybridized carbons (Fsp3) is 0.0714. The summed E-state index contributed by atoms with van der Waals surface area (Å²) in [7, 11) is 0. The number of aryl methyl sites for hydroxylation is 1. The minimum atomic E-state index is -1.37. The summed E-state index contributed by atoms with van der Waals surface area (Å²) in [6, 6.07) is 8.58. The number of carbonyl (C=O) groups is 1. The lowest BCUT2D eigenvalue weighted by Crippen LogP contribution is -2.03. The van der Waals surface area contributed by atoms with Crippen LogP contribution in [0.3, 0.4) is 0 Å². The Morgan fingerprint density at radius 3 is 2.26 bits per heavy atom. The van der Waals surface area contributed by atoms with Gasteiger partial charge in [0.1, 0.15) is 5.69 Å². The third kappa shape index (κ3) is 2.70. The number of anilines is 2. The number of nitrogens with one attached hydrogen (secondary N) is 1. The van der Waals surface area contributed by atoms with Gasteiger partial charge in [0, 0.05) is 5.69 Å². The predicted molar refractivity (Wildman–Crippen MR) is 67.8 cm³/mol. The van der Waals surface area contributed by atoms with Crippen molar-refractivity contribution >= 4 is 17.3 Å². The Balaban J connectivity index is 2.42. The highest BCUT2D eigenvalue weighted by Gasteiger charge is 2.15. The molecular weight excluding hydrogens is 252 g/mol. The summed E-state index contributed by atoms with van der Waals surface area (Å²) in [5, 5.41) is 11.3. The summed E-state index contributed by atoms with van der Waals surface area (Å²) < 4.78 is 27.4. The number of carboxylic acids is 1. The number of para-hydroxylation sites is 1. The Morgan fingerprint density at radius 2 is 1.74 bits per heavy atom. The first kappa shape index (κ1) is 13.0. The van der Waals surface area contributed by atoms with Crippen LogP contribution in [-0.4, -0.2) is 11.1 Å². The van der Waals surface area contributed by atoms with Crippen LogP contribution in [0.4, 0.5) is 20.2 Å². The largest absolute Gasteiger partial charge is 0.478 e. The molecule has 3 nitrogen and oxygen atoms in total. The number of benzene rings is 2. The first-order valence-electron chi connectivity index (χ1n) is 5.54. The lowest BCUT2D eigenvalue weighted by Gasteiger charge is -2.11. The molecule has 0 radical (unpaired) electrons. The van der Waals surface area contributed by atoms with Gasteiger partial charge in [-0.1, -0.05) is 18.2 Å². The van der Waals surface area contributed by atoms with E-state index in [9.17, 15) is 13.6 Å². The average Bonchev–Trinajstić information content (AvgIpc) is 2.35. The van der Waals surface area contributed by atoms with Crippen LogP contribution in [0.1, 0.15) is 15.9 Å². The minimum absolute atomic E-state index is 0.362. The van der Waals surface area contributed by atoms with Gasteiger partial charge in [0.15, 0.2) is 11.6 Å². The molecule has 0 aromatic heterocycles. The molecule has 2 aromatic carbocycles. The number of rotatable bonds is 3. The van der Waals surface area contributed by atoms with Crippen LogP contribution in [-0.2, 0) is 0 Å². The maximum atomic E-state index is 13.7. The summed E-state index contributed by atoms with van der Waals surface area (Å²) in [6.45, 7) is 1.80. The van der Waals surface area contributed by atoms with E-state index in [4.69, 9.17) is 5.11 Å². The lowest BCUT2D eigenvalue weighted by atomic mass is 10.1. The van der Waals surface area contributed by atoms with Crippen LogP contribution in [0.15, 0.2) is 36.4 Å². The van der Waals surface area contributed by atoms with Crippen molar-refractivity contribution in [2.45, 2.75) is 6.92 Å². The van der Waals surface area contributed by atoms with Crippen LogP contribution in [0.25, 0.3) is 0 Å². The molecule has 2 rings (SSSR count). The fourth-order valence-electron chi connectivity index (χ4n) is 1.66. The molecule has 2 N–H and O–H groups in total. The SMILES string of the molecule is Cc1ccccc1Nc1c(F)cc(C(=O)O)cc1F. The van der Waals surface area contributed by atoms with Crippen molar-refractivity contribution in [3.05, 3.63) is 59.2 Å². The molecule has 0 spiro atoms. The summed E-state index contributed by atoms with van der Waals surface area (Å²) >= 11 is 0. The summed E-state index contributed by atoms with van der Waals surface area (Å²) in [5.41, 5.74) is 0.594. The third-order valence-corrected chi connectivity index (χ3v) is 2.69. The Kier molecular flexibility index (Phi) is 3.46. The van der Waals surface area contributed by atoms with Gasteiger partial charge in [-0.15, -0.1) is 0 Å². The molecule has 5 heteroatoms. The van der Waals surface area contributed by atoms with Crippen molar-refractivity contribution < 1.29 is 18.7 Å². The van der Waals surface area contributed by atoms with Crippen molar-refractivity contribution in [1.29, 1.82) is 0 Å². The van der Waals surface area contributed by atoms with Crippen LogP contribution >= 0.6 is 0 Å². The van der Waals surface area contributed by atoms with E-state index in [0.29, 0.717) is 5.69 Å². The molecule has 0 saturated carbocycles. The Hall–Kier alpha value is -2.43. The van der Waals surface area contributed by atoms with Gasteiger partial charge in [0.05, 0.1) is 5.56 Å². The Bertz CT molecular complexity index is 618. The maximum absolute atomic E-state index is 13.7. The molecule has 0 aliphatic heterocycles. The first-order valence-corrected chi connectivity index (χ1v) is 5.54. The van der Waals surface area contributed by atoms with Crippen LogP contribution in [0, 0.1) is 18.6 Å². The van der Waals surface area contributed by atoms with E-state index in [1.165, 1.54) is 0 Å². The number of carboxylic acid groups (broad SMARTS) is 1. The molecule has 0 amide bonds. The van der Waals surface area contributed by atoms with E-state index in [1.54, 1.807) is 31.2 Å². The minimum Gasteiger partial charge on any atom is -0.478 e. The zero-order valence-electron chi connectivity index (χ0n) is 10.1. The molecule has 0 aliphatic rings. The molecule has 0 fully saturated rings. The molecule has 0 atom stereocenters. The average molecular weight is 263 g/mol. The fourth-order valence-corrected chi connectivity index (χ4v) is 1.66. The Labute approximate surface area is 108 Å². The monoisotopic (exact) mass is 263 g/mol. The second-order valence-corrected chi connectivity index (χ2v) is 4.06. The highest BCUT2D eigenvalue weighted by molar-refractivity contribution is 5.88. The van der Waals surface area contributed by atoms with Gasteiger partial charge in [-0.3, -0.25) is 0 Å². The van der Waals surface area contributed by atoms with Crippen molar-refractivity contribution in [2.75, 3.05) is 5.32 Å². The summed E-state index contributed by atoms with van der Waals surface area (Å²) in [5.74, 6) is -3.26. The summed E-state index contributed by atoms with van der Waals surface area (Å²) in [4.78, 5) is 10.7. The van der Waals surface area contributed by atoms with E-state index < -0.39 is 23.2 Å². The number of hydrogen-bond acceptors (Lipinski definition) is 2. The smallest absolute Gasteiger partial charge is 0.335 e. The van der Waals surface area contributed by atoms with E-state index in [1.807, 2.05) is 0 Å². The number of hydrogen-bond donors (Lipinski definition) is 2. The highest BCUT2D eigenvalue weighted by atomic mass is 19.1. The van der Waals surface area contributed by atoms with Gasteiger partial charge in [0.2, 0.25) is 0 Å². The summed E-state index contributed by atoms with van der Waals surface area (Å²) in [6.07, 6.45) is 0. The second kappa shape index (κ2) is 5.06. The van der Waals surface area contributed by atoms with Crippen molar-refractivity contribution in [2.24, 2.45) is 0 Å². The van der Waals surface area contributed by atoms with Gasteiger partial charge in [0.25, 0.3) is 0 Å². The van der Waals surface area contributed by atoms with Crippen LogP contribution < -0.4 is 5.32 Å². The van der Waals surface area contributed by atoms with E-state index >= 15 is 0 Å². The number of aromatic carboxylic acids is 1. The molecule has 98 valence electrons.